The normalized spacial score (nSPS) is 23.6. The Balaban J connectivity index is 0.00000192. The van der Waals surface area contributed by atoms with E-state index in [1.54, 1.807) is 10.4 Å². The fourth-order valence-corrected chi connectivity index (χ4v) is 4.91. The Morgan fingerprint density at radius 1 is 1.22 bits per heavy atom. The minimum atomic E-state index is -3.35. The van der Waals surface area contributed by atoms with E-state index in [2.05, 4.69) is 10.2 Å². The lowest BCUT2D eigenvalue weighted by atomic mass is 10.2. The molecule has 1 unspecified atom stereocenters. The van der Waals surface area contributed by atoms with Gasteiger partial charge in [-0.2, -0.15) is 4.31 Å². The van der Waals surface area contributed by atoms with E-state index in [4.69, 9.17) is 0 Å². The van der Waals surface area contributed by atoms with Gasteiger partial charge in [0.15, 0.2) is 0 Å². The van der Waals surface area contributed by atoms with Gasteiger partial charge in [-0.25, -0.2) is 8.42 Å². The van der Waals surface area contributed by atoms with Gasteiger partial charge in [0, 0.05) is 45.3 Å². The molecule has 7 heteroatoms. The highest BCUT2D eigenvalue weighted by atomic mass is 35.5. The van der Waals surface area contributed by atoms with Crippen LogP contribution >= 0.6 is 12.4 Å². The van der Waals surface area contributed by atoms with Crippen LogP contribution in [0.5, 0.6) is 0 Å². The van der Waals surface area contributed by atoms with Crippen LogP contribution in [-0.2, 0) is 16.4 Å². The minimum absolute atomic E-state index is 0. The average molecular weight is 360 g/mol. The smallest absolute Gasteiger partial charge is 0.243 e. The first-order chi connectivity index (χ1) is 10.6. The van der Waals surface area contributed by atoms with E-state index in [0.717, 1.165) is 44.6 Å². The molecule has 2 fully saturated rings. The molecule has 0 amide bonds. The molecule has 2 saturated heterocycles. The van der Waals surface area contributed by atoms with Crippen molar-refractivity contribution in [1.82, 2.24) is 14.5 Å². The quantitative estimate of drug-likeness (QED) is 0.881. The average Bonchev–Trinajstić information content (AvgIpc) is 3.06. The number of aryl methyl sites for hydroxylation is 1. The van der Waals surface area contributed by atoms with Crippen molar-refractivity contribution in [2.24, 2.45) is 0 Å². The zero-order valence-corrected chi connectivity index (χ0v) is 15.2. The van der Waals surface area contributed by atoms with Gasteiger partial charge >= 0.3 is 0 Å². The molecule has 3 rings (SSSR count). The number of nitrogens with zero attached hydrogens (tertiary/aromatic N) is 2. The van der Waals surface area contributed by atoms with Crippen molar-refractivity contribution in [2.75, 3.05) is 39.3 Å². The molecule has 0 bridgehead atoms. The van der Waals surface area contributed by atoms with Crippen LogP contribution < -0.4 is 5.32 Å². The van der Waals surface area contributed by atoms with Crippen molar-refractivity contribution in [1.29, 1.82) is 0 Å². The van der Waals surface area contributed by atoms with Gasteiger partial charge in [0.1, 0.15) is 0 Å². The lowest BCUT2D eigenvalue weighted by Crippen LogP contribution is -2.49. The second-order valence-corrected chi connectivity index (χ2v) is 8.03. The zero-order valence-electron chi connectivity index (χ0n) is 13.6. The van der Waals surface area contributed by atoms with Crippen molar-refractivity contribution in [3.63, 3.8) is 0 Å². The molecule has 23 heavy (non-hydrogen) atoms. The highest BCUT2D eigenvalue weighted by molar-refractivity contribution is 7.89. The summed E-state index contributed by atoms with van der Waals surface area (Å²) in [6, 6.07) is 7.72. The number of sulfonamides is 1. The molecule has 0 saturated carbocycles. The summed E-state index contributed by atoms with van der Waals surface area (Å²) in [5, 5.41) is 3.34. The molecule has 1 N–H and O–H groups in total. The summed E-state index contributed by atoms with van der Waals surface area (Å²) in [6.07, 6.45) is 1.79. The van der Waals surface area contributed by atoms with Crippen molar-refractivity contribution < 1.29 is 8.42 Å². The zero-order chi connectivity index (χ0) is 15.6. The maximum Gasteiger partial charge on any atom is 0.243 e. The number of nitrogens with one attached hydrogen (secondary N) is 1. The second-order valence-electron chi connectivity index (χ2n) is 6.09. The maximum atomic E-state index is 12.8. The van der Waals surface area contributed by atoms with Crippen molar-refractivity contribution in [3.05, 3.63) is 29.8 Å². The molecule has 2 aliphatic heterocycles. The van der Waals surface area contributed by atoms with Crippen LogP contribution in [0, 0.1) is 0 Å². The van der Waals surface area contributed by atoms with Crippen LogP contribution in [0.15, 0.2) is 29.2 Å². The fourth-order valence-electron chi connectivity index (χ4n) is 3.35. The van der Waals surface area contributed by atoms with Crippen LogP contribution in [0.4, 0.5) is 0 Å². The first-order valence-electron chi connectivity index (χ1n) is 8.15. The summed E-state index contributed by atoms with van der Waals surface area (Å²) >= 11 is 0. The Hall–Kier alpha value is -0.660. The monoisotopic (exact) mass is 359 g/mol. The van der Waals surface area contributed by atoms with E-state index >= 15 is 0 Å². The largest absolute Gasteiger partial charge is 0.314 e. The lowest BCUT2D eigenvalue weighted by Gasteiger charge is -2.32. The first-order valence-corrected chi connectivity index (χ1v) is 9.59. The number of hydrogen-bond donors (Lipinski definition) is 1. The van der Waals surface area contributed by atoms with Gasteiger partial charge in [-0.15, -0.1) is 12.4 Å². The topological polar surface area (TPSA) is 52.7 Å². The van der Waals surface area contributed by atoms with Gasteiger partial charge in [-0.3, -0.25) is 4.90 Å². The molecule has 130 valence electrons. The van der Waals surface area contributed by atoms with E-state index in [1.165, 1.54) is 0 Å². The SMILES string of the molecule is CCc1cccc(S(=O)(=O)N2CCC(N3CCNCC3)C2)c1.Cl. The second kappa shape index (κ2) is 7.94. The van der Waals surface area contributed by atoms with Gasteiger partial charge in [0.2, 0.25) is 10.0 Å². The molecular formula is C16H26ClN3O2S. The highest BCUT2D eigenvalue weighted by Crippen LogP contribution is 2.24. The third kappa shape index (κ3) is 4.06. The molecule has 0 aliphatic carbocycles. The molecule has 0 radical (unpaired) electrons. The third-order valence-corrected chi connectivity index (χ3v) is 6.60. The molecule has 2 aliphatic rings. The van der Waals surface area contributed by atoms with Crippen LogP contribution in [0.3, 0.4) is 0 Å². The Morgan fingerprint density at radius 3 is 2.65 bits per heavy atom. The standard InChI is InChI=1S/C16H25N3O2S.ClH/c1-2-14-4-3-5-16(12-14)22(20,21)19-9-6-15(13-19)18-10-7-17-8-11-18;/h3-5,12,15,17H,2,6-11,13H2,1H3;1H. The van der Waals surface area contributed by atoms with Crippen LogP contribution in [0.1, 0.15) is 18.9 Å². The Kier molecular flexibility index (Phi) is 6.45. The van der Waals surface area contributed by atoms with Gasteiger partial charge in [-0.05, 0) is 30.5 Å². The predicted molar refractivity (Wildman–Crippen MR) is 94.7 cm³/mol. The van der Waals surface area contributed by atoms with E-state index in [-0.39, 0.29) is 12.4 Å². The number of rotatable bonds is 4. The number of halogens is 1. The molecule has 1 aromatic rings. The fraction of sp³-hybridized carbons (Fsp3) is 0.625. The summed E-state index contributed by atoms with van der Waals surface area (Å²) in [7, 11) is -3.35. The molecule has 1 aromatic carbocycles. The van der Waals surface area contributed by atoms with Crippen molar-refractivity contribution in [3.8, 4) is 0 Å². The first kappa shape index (κ1) is 18.7. The molecule has 0 spiro atoms. The third-order valence-electron chi connectivity index (χ3n) is 4.74. The lowest BCUT2D eigenvalue weighted by molar-refractivity contribution is 0.179. The van der Waals surface area contributed by atoms with Gasteiger partial charge < -0.3 is 5.32 Å². The van der Waals surface area contributed by atoms with Crippen molar-refractivity contribution >= 4 is 22.4 Å². The summed E-state index contributed by atoms with van der Waals surface area (Å²) in [5.41, 5.74) is 1.07. The molecular weight excluding hydrogens is 334 g/mol. The van der Waals surface area contributed by atoms with E-state index in [1.807, 2.05) is 25.1 Å². The minimum Gasteiger partial charge on any atom is -0.314 e. The maximum absolute atomic E-state index is 12.8. The van der Waals surface area contributed by atoms with Gasteiger partial charge in [0.25, 0.3) is 0 Å². The summed E-state index contributed by atoms with van der Waals surface area (Å²) < 4.78 is 27.3. The van der Waals surface area contributed by atoms with Crippen LogP contribution in [0.25, 0.3) is 0 Å². The molecule has 0 aromatic heterocycles. The predicted octanol–water partition coefficient (Wildman–Crippen LogP) is 1.34. The molecule has 1 atom stereocenters. The Bertz CT molecular complexity index is 618. The summed E-state index contributed by atoms with van der Waals surface area (Å²) in [5.74, 6) is 0. The van der Waals surface area contributed by atoms with E-state index in [9.17, 15) is 8.42 Å². The van der Waals surface area contributed by atoms with E-state index in [0.29, 0.717) is 24.0 Å². The summed E-state index contributed by atoms with van der Waals surface area (Å²) in [4.78, 5) is 2.86. The van der Waals surface area contributed by atoms with Gasteiger partial charge in [0.05, 0.1) is 4.90 Å². The molecule has 2 heterocycles. The van der Waals surface area contributed by atoms with Gasteiger partial charge in [-0.1, -0.05) is 19.1 Å². The number of benzene rings is 1. The highest BCUT2D eigenvalue weighted by Gasteiger charge is 2.35. The van der Waals surface area contributed by atoms with E-state index < -0.39 is 10.0 Å². The molecule has 5 nitrogen and oxygen atoms in total. The van der Waals surface area contributed by atoms with Crippen LogP contribution in [-0.4, -0.2) is 62.9 Å². The Morgan fingerprint density at radius 2 is 1.96 bits per heavy atom. The number of hydrogen-bond acceptors (Lipinski definition) is 4. The Labute approximate surface area is 145 Å². The number of piperazine rings is 1. The summed E-state index contributed by atoms with van der Waals surface area (Å²) in [6.45, 7) is 7.34. The van der Waals surface area contributed by atoms with Crippen molar-refractivity contribution in [2.45, 2.75) is 30.7 Å². The van der Waals surface area contributed by atoms with Crippen LogP contribution in [0.2, 0.25) is 0 Å².